The predicted octanol–water partition coefficient (Wildman–Crippen LogP) is 2.92. The lowest BCUT2D eigenvalue weighted by Gasteiger charge is -2.10. The molecule has 0 aliphatic rings. The molecule has 1 aromatic heterocycles. The van der Waals surface area contributed by atoms with E-state index in [0.29, 0.717) is 32.5 Å². The van der Waals surface area contributed by atoms with Crippen molar-refractivity contribution < 1.29 is 14.3 Å². The van der Waals surface area contributed by atoms with E-state index in [1.165, 1.54) is 0 Å². The molecule has 0 aliphatic carbocycles. The van der Waals surface area contributed by atoms with E-state index in [1.54, 1.807) is 23.8 Å². The molecule has 0 unspecified atom stereocenters. The topological polar surface area (TPSA) is 69.6 Å². The summed E-state index contributed by atoms with van der Waals surface area (Å²) in [4.78, 5) is 23.6. The molecule has 0 spiro atoms. The van der Waals surface area contributed by atoms with Gasteiger partial charge in [0.05, 0.1) is 13.7 Å². The van der Waals surface area contributed by atoms with E-state index in [0.717, 1.165) is 30.0 Å². The van der Waals surface area contributed by atoms with Crippen molar-refractivity contribution in [3.05, 3.63) is 58.5 Å². The van der Waals surface area contributed by atoms with Crippen LogP contribution in [0.5, 0.6) is 11.5 Å². The van der Waals surface area contributed by atoms with Crippen molar-refractivity contribution in [3.8, 4) is 11.5 Å². The lowest BCUT2D eigenvalue weighted by atomic mass is 10.2. The quantitative estimate of drug-likeness (QED) is 0.616. The van der Waals surface area contributed by atoms with Gasteiger partial charge in [0.25, 0.3) is 5.56 Å². The van der Waals surface area contributed by atoms with Crippen LogP contribution in [-0.4, -0.2) is 30.7 Å². The normalized spacial score (nSPS) is 10.4. The number of benzene rings is 1. The zero-order chi connectivity index (χ0) is 19.5. The summed E-state index contributed by atoms with van der Waals surface area (Å²) in [7, 11) is 1.62. The first-order chi connectivity index (χ1) is 13.1. The summed E-state index contributed by atoms with van der Waals surface area (Å²) < 4.78 is 12.5. The molecule has 1 amide bonds. The van der Waals surface area contributed by atoms with Crippen LogP contribution in [0.1, 0.15) is 31.4 Å². The number of pyridine rings is 1. The fraction of sp³-hybridized carbons (Fsp3) is 0.429. The second kappa shape index (κ2) is 11.1. The number of nitrogens with zero attached hydrogens (tertiary/aromatic N) is 1. The average molecular weight is 372 g/mol. The summed E-state index contributed by atoms with van der Waals surface area (Å²) in [5, 5.41) is 2.91. The van der Waals surface area contributed by atoms with Crippen LogP contribution in [0.3, 0.4) is 0 Å². The van der Waals surface area contributed by atoms with Crippen LogP contribution in [0.2, 0.25) is 0 Å². The van der Waals surface area contributed by atoms with Crippen LogP contribution in [0.25, 0.3) is 0 Å². The minimum atomic E-state index is 0.0240. The monoisotopic (exact) mass is 372 g/mol. The molecule has 6 heteroatoms. The highest BCUT2D eigenvalue weighted by molar-refractivity contribution is 5.75. The fourth-order valence-corrected chi connectivity index (χ4v) is 2.72. The van der Waals surface area contributed by atoms with Crippen molar-refractivity contribution in [1.29, 1.82) is 0 Å². The van der Waals surface area contributed by atoms with Gasteiger partial charge in [-0.05, 0) is 56.5 Å². The Morgan fingerprint density at radius 1 is 1.04 bits per heavy atom. The van der Waals surface area contributed by atoms with E-state index in [-0.39, 0.29) is 11.5 Å². The third-order valence-electron chi connectivity index (χ3n) is 4.28. The van der Waals surface area contributed by atoms with Crippen molar-refractivity contribution in [2.24, 2.45) is 0 Å². The van der Waals surface area contributed by atoms with Gasteiger partial charge < -0.3 is 19.4 Å². The molecule has 0 bridgehead atoms. The zero-order valence-electron chi connectivity index (χ0n) is 16.1. The summed E-state index contributed by atoms with van der Waals surface area (Å²) >= 11 is 0. The highest BCUT2D eigenvalue weighted by Gasteiger charge is 2.03. The number of ether oxygens (including phenoxy) is 2. The van der Waals surface area contributed by atoms with E-state index in [9.17, 15) is 9.59 Å². The van der Waals surface area contributed by atoms with Crippen LogP contribution in [0.15, 0.2) is 47.3 Å². The number of hydrogen-bond acceptors (Lipinski definition) is 4. The minimum absolute atomic E-state index is 0.0240. The maximum absolute atomic E-state index is 11.8. The summed E-state index contributed by atoms with van der Waals surface area (Å²) in [6, 6.07) is 12.6. The van der Waals surface area contributed by atoms with E-state index in [4.69, 9.17) is 9.47 Å². The molecule has 146 valence electrons. The Bertz CT molecular complexity index is 768. The second-order valence-corrected chi connectivity index (χ2v) is 6.34. The molecular formula is C21H28N2O4. The van der Waals surface area contributed by atoms with Gasteiger partial charge in [-0.15, -0.1) is 0 Å². The first-order valence-corrected chi connectivity index (χ1v) is 9.30. The molecule has 27 heavy (non-hydrogen) atoms. The van der Waals surface area contributed by atoms with E-state index in [2.05, 4.69) is 5.32 Å². The van der Waals surface area contributed by atoms with Gasteiger partial charge in [-0.1, -0.05) is 6.07 Å². The first kappa shape index (κ1) is 20.6. The lowest BCUT2D eigenvalue weighted by Crippen LogP contribution is -2.25. The zero-order valence-corrected chi connectivity index (χ0v) is 16.1. The number of aromatic nitrogens is 1. The fourth-order valence-electron chi connectivity index (χ4n) is 2.72. The number of aryl methyl sites for hydroxylation is 1. The maximum atomic E-state index is 11.8. The largest absolute Gasteiger partial charge is 0.497 e. The van der Waals surface area contributed by atoms with Gasteiger partial charge in [-0.2, -0.15) is 0 Å². The summed E-state index contributed by atoms with van der Waals surface area (Å²) in [6.45, 7) is 3.73. The van der Waals surface area contributed by atoms with Gasteiger partial charge in [0.2, 0.25) is 5.91 Å². The highest BCUT2D eigenvalue weighted by Crippen LogP contribution is 2.17. The number of rotatable bonds is 11. The molecule has 2 aromatic rings. The predicted molar refractivity (Wildman–Crippen MR) is 105 cm³/mol. The Labute approximate surface area is 160 Å². The highest BCUT2D eigenvalue weighted by atomic mass is 16.5. The maximum Gasteiger partial charge on any atom is 0.250 e. The smallest absolute Gasteiger partial charge is 0.250 e. The molecule has 0 saturated heterocycles. The van der Waals surface area contributed by atoms with E-state index >= 15 is 0 Å². The van der Waals surface area contributed by atoms with Gasteiger partial charge in [0.1, 0.15) is 11.5 Å². The molecule has 0 fully saturated rings. The van der Waals surface area contributed by atoms with Crippen molar-refractivity contribution >= 4 is 5.91 Å². The van der Waals surface area contributed by atoms with Gasteiger partial charge in [0.15, 0.2) is 0 Å². The van der Waals surface area contributed by atoms with Gasteiger partial charge in [-0.25, -0.2) is 0 Å². The molecule has 1 N–H and O–H groups in total. The number of methoxy groups -OCH3 is 1. The number of carbonyl (C=O) groups excluding carboxylic acids is 1. The molecule has 1 aromatic carbocycles. The number of carbonyl (C=O) groups is 1. The molecule has 2 rings (SSSR count). The lowest BCUT2D eigenvalue weighted by molar-refractivity contribution is -0.121. The van der Waals surface area contributed by atoms with Crippen LogP contribution >= 0.6 is 0 Å². The van der Waals surface area contributed by atoms with Gasteiger partial charge in [-0.3, -0.25) is 9.59 Å². The van der Waals surface area contributed by atoms with Gasteiger partial charge >= 0.3 is 0 Å². The van der Waals surface area contributed by atoms with Crippen molar-refractivity contribution in [1.82, 2.24) is 9.88 Å². The standard InChI is InChI=1S/C21H28N2O4/c1-17-7-5-9-21(25)23(17)15-4-3-14-22-20(24)8-6-16-27-19-12-10-18(26-2)11-13-19/h5,7,9-13H,3-4,6,8,14-16H2,1-2H3,(H,22,24). The molecule has 0 saturated carbocycles. The summed E-state index contributed by atoms with van der Waals surface area (Å²) in [6.07, 6.45) is 2.80. The Morgan fingerprint density at radius 2 is 1.78 bits per heavy atom. The molecule has 0 aliphatic heterocycles. The average Bonchev–Trinajstić information content (AvgIpc) is 2.67. The first-order valence-electron chi connectivity index (χ1n) is 9.30. The molecule has 0 atom stereocenters. The van der Waals surface area contributed by atoms with Crippen molar-refractivity contribution in [3.63, 3.8) is 0 Å². The number of nitrogens with one attached hydrogen (secondary N) is 1. The Balaban J connectivity index is 1.54. The Kier molecular flexibility index (Phi) is 8.42. The molecule has 1 heterocycles. The molecule has 0 radical (unpaired) electrons. The number of unbranched alkanes of at least 4 members (excludes halogenated alkanes) is 1. The molecular weight excluding hydrogens is 344 g/mol. The van der Waals surface area contributed by atoms with Crippen LogP contribution in [0.4, 0.5) is 0 Å². The number of hydrogen-bond donors (Lipinski definition) is 1. The number of amides is 1. The van der Waals surface area contributed by atoms with Crippen LogP contribution in [-0.2, 0) is 11.3 Å². The van der Waals surface area contributed by atoms with Crippen LogP contribution < -0.4 is 20.3 Å². The minimum Gasteiger partial charge on any atom is -0.497 e. The van der Waals surface area contributed by atoms with Crippen molar-refractivity contribution in [2.45, 2.75) is 39.2 Å². The van der Waals surface area contributed by atoms with E-state index in [1.807, 2.05) is 37.3 Å². The summed E-state index contributed by atoms with van der Waals surface area (Å²) in [5.74, 6) is 1.58. The third kappa shape index (κ3) is 7.17. The van der Waals surface area contributed by atoms with Gasteiger partial charge in [0, 0.05) is 31.3 Å². The molecule has 6 nitrogen and oxygen atoms in total. The summed E-state index contributed by atoms with van der Waals surface area (Å²) in [5.41, 5.74) is 0.985. The van der Waals surface area contributed by atoms with Crippen molar-refractivity contribution in [2.75, 3.05) is 20.3 Å². The van der Waals surface area contributed by atoms with E-state index < -0.39 is 0 Å². The third-order valence-corrected chi connectivity index (χ3v) is 4.28. The van der Waals surface area contributed by atoms with Crippen LogP contribution in [0, 0.1) is 6.92 Å². The Morgan fingerprint density at radius 3 is 2.48 bits per heavy atom. The SMILES string of the molecule is COc1ccc(OCCCC(=O)NCCCCn2c(C)cccc2=O)cc1. The Hall–Kier alpha value is -2.76. The second-order valence-electron chi connectivity index (χ2n) is 6.34.